The van der Waals surface area contributed by atoms with Crippen LogP contribution in [0.4, 0.5) is 0 Å². The summed E-state index contributed by atoms with van der Waals surface area (Å²) in [6.45, 7) is 6.69. The molecule has 3 rings (SSSR count). The second-order valence-corrected chi connectivity index (χ2v) is 7.83. The number of hydrogen-bond donors (Lipinski definition) is 2. The van der Waals surface area contributed by atoms with E-state index in [9.17, 15) is 0 Å². The summed E-state index contributed by atoms with van der Waals surface area (Å²) in [5.41, 5.74) is 1.41. The molecule has 0 spiro atoms. The van der Waals surface area contributed by atoms with Crippen LogP contribution >= 0.6 is 0 Å². The van der Waals surface area contributed by atoms with Gasteiger partial charge in [0.2, 0.25) is 0 Å². The van der Waals surface area contributed by atoms with E-state index in [4.69, 9.17) is 0 Å². The minimum atomic E-state index is 0.595. The fourth-order valence-corrected chi connectivity index (χ4v) is 4.09. The van der Waals surface area contributed by atoms with Gasteiger partial charge in [0.05, 0.1) is 0 Å². The number of guanidine groups is 1. The quantitative estimate of drug-likeness (QED) is 0.605. The Bertz CT molecular complexity index is 551. The van der Waals surface area contributed by atoms with Gasteiger partial charge in [0.1, 0.15) is 0 Å². The van der Waals surface area contributed by atoms with Crippen molar-refractivity contribution in [3.63, 3.8) is 0 Å². The molecule has 2 N–H and O–H groups in total. The molecule has 1 unspecified atom stereocenters. The highest BCUT2D eigenvalue weighted by Gasteiger charge is 2.24. The molecular formula is C21H35N5. The molecule has 5 nitrogen and oxygen atoms in total. The third-order valence-corrected chi connectivity index (χ3v) is 5.85. The Labute approximate surface area is 158 Å². The smallest absolute Gasteiger partial charge is 0.191 e. The Hall–Kier alpha value is -1.59. The van der Waals surface area contributed by atoms with Gasteiger partial charge in [-0.05, 0) is 63.8 Å². The summed E-state index contributed by atoms with van der Waals surface area (Å²) in [6, 6.07) is 11.4. The Kier molecular flexibility index (Phi) is 7.32. The molecule has 0 aliphatic carbocycles. The van der Waals surface area contributed by atoms with Crippen LogP contribution in [0.2, 0.25) is 0 Å². The summed E-state index contributed by atoms with van der Waals surface area (Å²) in [5.74, 6) is 1.72. The average Bonchev–Trinajstić information content (AvgIpc) is 3.11. The largest absolute Gasteiger partial charge is 0.356 e. The summed E-state index contributed by atoms with van der Waals surface area (Å²) in [7, 11) is 4.09. The molecule has 0 bridgehead atoms. The Morgan fingerprint density at radius 3 is 2.50 bits per heavy atom. The lowest BCUT2D eigenvalue weighted by Crippen LogP contribution is -2.46. The van der Waals surface area contributed by atoms with Gasteiger partial charge in [0.25, 0.3) is 0 Å². The third kappa shape index (κ3) is 5.71. The minimum absolute atomic E-state index is 0.595. The van der Waals surface area contributed by atoms with Gasteiger partial charge in [-0.1, -0.05) is 30.3 Å². The van der Waals surface area contributed by atoms with E-state index in [1.807, 2.05) is 7.05 Å². The van der Waals surface area contributed by atoms with Gasteiger partial charge in [-0.2, -0.15) is 0 Å². The number of benzene rings is 1. The number of rotatable bonds is 6. The van der Waals surface area contributed by atoms with Crippen LogP contribution in [-0.4, -0.2) is 68.6 Å². The van der Waals surface area contributed by atoms with Gasteiger partial charge in [0.15, 0.2) is 5.96 Å². The van der Waals surface area contributed by atoms with Crippen molar-refractivity contribution in [2.75, 3.05) is 46.8 Å². The van der Waals surface area contributed by atoms with E-state index in [0.717, 1.165) is 31.5 Å². The molecule has 2 heterocycles. The average molecular weight is 358 g/mol. The molecule has 0 radical (unpaired) electrons. The van der Waals surface area contributed by atoms with Gasteiger partial charge >= 0.3 is 0 Å². The maximum atomic E-state index is 4.42. The van der Waals surface area contributed by atoms with E-state index in [2.05, 4.69) is 62.8 Å². The number of nitrogens with one attached hydrogen (secondary N) is 2. The van der Waals surface area contributed by atoms with E-state index in [1.165, 1.54) is 50.9 Å². The zero-order valence-corrected chi connectivity index (χ0v) is 16.5. The molecule has 1 aromatic carbocycles. The molecular weight excluding hydrogens is 322 g/mol. The van der Waals surface area contributed by atoms with Gasteiger partial charge in [0, 0.05) is 32.7 Å². The van der Waals surface area contributed by atoms with Crippen LogP contribution in [0.25, 0.3) is 0 Å². The molecule has 2 fully saturated rings. The van der Waals surface area contributed by atoms with Crippen molar-refractivity contribution in [1.82, 2.24) is 20.4 Å². The van der Waals surface area contributed by atoms with Crippen molar-refractivity contribution in [2.24, 2.45) is 10.9 Å². The van der Waals surface area contributed by atoms with E-state index in [-0.39, 0.29) is 0 Å². The third-order valence-electron chi connectivity index (χ3n) is 5.85. The molecule has 1 atom stereocenters. The van der Waals surface area contributed by atoms with Crippen LogP contribution < -0.4 is 10.6 Å². The SMILES string of the molecule is CN=C(NCC1CCN(C)CC1)NCC1CCCN1Cc1ccccc1. The standard InChI is InChI=1S/C21H35N5/c1-22-21(23-15-18-10-13-25(2)14-11-18)24-16-20-9-6-12-26(20)17-19-7-4-3-5-8-19/h3-5,7-8,18,20H,6,9-17H2,1-2H3,(H2,22,23,24). The number of piperidine rings is 1. The van der Waals surface area contributed by atoms with Crippen LogP contribution in [0.1, 0.15) is 31.2 Å². The fraction of sp³-hybridized carbons (Fsp3) is 0.667. The van der Waals surface area contributed by atoms with Gasteiger partial charge in [-0.3, -0.25) is 9.89 Å². The highest BCUT2D eigenvalue weighted by Crippen LogP contribution is 2.19. The maximum absolute atomic E-state index is 4.42. The highest BCUT2D eigenvalue weighted by atomic mass is 15.2. The lowest BCUT2D eigenvalue weighted by Gasteiger charge is -2.30. The summed E-state index contributed by atoms with van der Waals surface area (Å²) in [6.07, 6.45) is 5.13. The van der Waals surface area contributed by atoms with Crippen LogP contribution in [0, 0.1) is 5.92 Å². The molecule has 0 aromatic heterocycles. The number of aliphatic imine (C=N–C) groups is 1. The molecule has 144 valence electrons. The summed E-state index contributed by atoms with van der Waals surface area (Å²) in [4.78, 5) is 9.45. The number of nitrogens with zero attached hydrogens (tertiary/aromatic N) is 3. The first-order chi connectivity index (χ1) is 12.7. The molecule has 26 heavy (non-hydrogen) atoms. The summed E-state index contributed by atoms with van der Waals surface area (Å²) >= 11 is 0. The van der Waals surface area contributed by atoms with E-state index in [0.29, 0.717) is 6.04 Å². The first-order valence-electron chi connectivity index (χ1n) is 10.2. The minimum Gasteiger partial charge on any atom is -0.356 e. The van der Waals surface area contributed by atoms with Crippen LogP contribution in [0.15, 0.2) is 35.3 Å². The van der Waals surface area contributed by atoms with Crippen molar-refractivity contribution in [2.45, 2.75) is 38.3 Å². The molecule has 5 heteroatoms. The Balaban J connectivity index is 1.41. The molecule has 2 saturated heterocycles. The Morgan fingerprint density at radius 2 is 1.77 bits per heavy atom. The van der Waals surface area contributed by atoms with Gasteiger partial charge in [-0.15, -0.1) is 0 Å². The van der Waals surface area contributed by atoms with Crippen LogP contribution in [0.5, 0.6) is 0 Å². The zero-order chi connectivity index (χ0) is 18.2. The van der Waals surface area contributed by atoms with Gasteiger partial charge < -0.3 is 15.5 Å². The highest BCUT2D eigenvalue weighted by molar-refractivity contribution is 5.79. The first-order valence-corrected chi connectivity index (χ1v) is 10.2. The predicted octanol–water partition coefficient (Wildman–Crippen LogP) is 2.16. The number of likely N-dealkylation sites (tertiary alicyclic amines) is 2. The summed E-state index contributed by atoms with van der Waals surface area (Å²) < 4.78 is 0. The second kappa shape index (κ2) is 9.93. The summed E-state index contributed by atoms with van der Waals surface area (Å²) in [5, 5.41) is 7.11. The van der Waals surface area contributed by atoms with Gasteiger partial charge in [-0.25, -0.2) is 0 Å². The van der Waals surface area contributed by atoms with E-state index in [1.54, 1.807) is 0 Å². The lowest BCUT2D eigenvalue weighted by atomic mass is 9.97. The molecule has 1 aromatic rings. The molecule has 2 aliphatic rings. The topological polar surface area (TPSA) is 42.9 Å². The zero-order valence-electron chi connectivity index (χ0n) is 16.5. The lowest BCUT2D eigenvalue weighted by molar-refractivity contribution is 0.219. The fourth-order valence-electron chi connectivity index (χ4n) is 4.09. The van der Waals surface area contributed by atoms with Crippen molar-refractivity contribution in [3.05, 3.63) is 35.9 Å². The van der Waals surface area contributed by atoms with E-state index >= 15 is 0 Å². The van der Waals surface area contributed by atoms with E-state index < -0.39 is 0 Å². The Morgan fingerprint density at radius 1 is 1.04 bits per heavy atom. The normalized spacial score (nSPS) is 23.3. The van der Waals surface area contributed by atoms with Crippen LogP contribution in [-0.2, 0) is 6.54 Å². The predicted molar refractivity (Wildman–Crippen MR) is 109 cm³/mol. The van der Waals surface area contributed by atoms with Crippen molar-refractivity contribution < 1.29 is 0 Å². The second-order valence-electron chi connectivity index (χ2n) is 7.83. The van der Waals surface area contributed by atoms with Crippen molar-refractivity contribution in [3.8, 4) is 0 Å². The molecule has 2 aliphatic heterocycles. The maximum Gasteiger partial charge on any atom is 0.191 e. The van der Waals surface area contributed by atoms with Crippen molar-refractivity contribution in [1.29, 1.82) is 0 Å². The van der Waals surface area contributed by atoms with Crippen molar-refractivity contribution >= 4 is 5.96 Å². The monoisotopic (exact) mass is 357 g/mol. The molecule has 0 amide bonds. The van der Waals surface area contributed by atoms with Crippen LogP contribution in [0.3, 0.4) is 0 Å². The molecule has 0 saturated carbocycles. The first kappa shape index (κ1) is 19.2. The number of hydrogen-bond acceptors (Lipinski definition) is 3.